The summed E-state index contributed by atoms with van der Waals surface area (Å²) < 4.78 is 9.63. The molecule has 0 aromatic rings. The zero-order chi connectivity index (χ0) is 11.7. The van der Waals surface area contributed by atoms with Gasteiger partial charge in [-0.1, -0.05) is 6.92 Å². The first-order chi connectivity index (χ1) is 7.13. The molecule has 0 heterocycles. The van der Waals surface area contributed by atoms with E-state index in [1.165, 1.54) is 7.11 Å². The molecule has 90 valence electrons. The summed E-state index contributed by atoms with van der Waals surface area (Å²) in [6, 6.07) is 0. The summed E-state index contributed by atoms with van der Waals surface area (Å²) in [5, 5.41) is 9.47. The maximum atomic E-state index is 11.2. The minimum atomic E-state index is -0.565. The number of ether oxygens (including phenoxy) is 2. The molecule has 0 spiro atoms. The fourth-order valence-corrected chi connectivity index (χ4v) is 1.24. The minimum Gasteiger partial charge on any atom is -0.465 e. The first-order valence-electron chi connectivity index (χ1n) is 5.18. The van der Waals surface area contributed by atoms with Crippen LogP contribution in [-0.4, -0.2) is 62.0 Å². The standard InChI is InChI=1S/C10H21NO4/c1-4-11(6-9(12)8-14-3)7-10(13)15-5-2/h9,12H,4-8H2,1-3H3. The summed E-state index contributed by atoms with van der Waals surface area (Å²) in [6.07, 6.45) is -0.565. The smallest absolute Gasteiger partial charge is 0.320 e. The van der Waals surface area contributed by atoms with Crippen molar-refractivity contribution < 1.29 is 19.4 Å². The van der Waals surface area contributed by atoms with Crippen molar-refractivity contribution in [3.63, 3.8) is 0 Å². The molecule has 0 aromatic carbocycles. The van der Waals surface area contributed by atoms with Gasteiger partial charge >= 0.3 is 5.97 Å². The SMILES string of the molecule is CCOC(=O)CN(CC)CC(O)COC. The monoisotopic (exact) mass is 219 g/mol. The van der Waals surface area contributed by atoms with Crippen molar-refractivity contribution in [2.24, 2.45) is 0 Å². The molecule has 0 amide bonds. The molecule has 0 aliphatic rings. The van der Waals surface area contributed by atoms with E-state index >= 15 is 0 Å². The molecule has 0 fully saturated rings. The van der Waals surface area contributed by atoms with Crippen molar-refractivity contribution in [1.82, 2.24) is 4.90 Å². The fourth-order valence-electron chi connectivity index (χ4n) is 1.24. The van der Waals surface area contributed by atoms with Crippen molar-refractivity contribution in [1.29, 1.82) is 0 Å². The largest absolute Gasteiger partial charge is 0.465 e. The molecule has 0 aromatic heterocycles. The summed E-state index contributed by atoms with van der Waals surface area (Å²) in [6.45, 7) is 5.69. The first kappa shape index (κ1) is 14.3. The van der Waals surface area contributed by atoms with Gasteiger partial charge in [0.1, 0.15) is 0 Å². The molecule has 5 nitrogen and oxygen atoms in total. The van der Waals surface area contributed by atoms with E-state index in [1.807, 2.05) is 11.8 Å². The zero-order valence-corrected chi connectivity index (χ0v) is 9.73. The Labute approximate surface area is 91.0 Å². The number of nitrogens with zero attached hydrogens (tertiary/aromatic N) is 1. The molecule has 5 heteroatoms. The summed E-state index contributed by atoms with van der Waals surface area (Å²) in [4.78, 5) is 13.0. The number of methoxy groups -OCH3 is 1. The molecule has 0 rings (SSSR count). The van der Waals surface area contributed by atoms with E-state index < -0.39 is 6.10 Å². The Morgan fingerprint density at radius 1 is 1.47 bits per heavy atom. The lowest BCUT2D eigenvalue weighted by atomic mass is 10.3. The van der Waals surface area contributed by atoms with Gasteiger partial charge in [0.2, 0.25) is 0 Å². The number of hydrogen-bond acceptors (Lipinski definition) is 5. The molecular weight excluding hydrogens is 198 g/mol. The normalized spacial score (nSPS) is 12.9. The Kier molecular flexibility index (Phi) is 8.27. The van der Waals surface area contributed by atoms with E-state index in [0.717, 1.165) is 0 Å². The van der Waals surface area contributed by atoms with Gasteiger partial charge in [-0.15, -0.1) is 0 Å². The highest BCUT2D eigenvalue weighted by Crippen LogP contribution is 1.94. The minimum absolute atomic E-state index is 0.213. The van der Waals surface area contributed by atoms with Crippen LogP contribution >= 0.6 is 0 Å². The lowest BCUT2D eigenvalue weighted by molar-refractivity contribution is -0.144. The van der Waals surface area contributed by atoms with Crippen LogP contribution in [-0.2, 0) is 14.3 Å². The molecular formula is C10H21NO4. The fraction of sp³-hybridized carbons (Fsp3) is 0.900. The molecule has 1 atom stereocenters. The predicted molar refractivity (Wildman–Crippen MR) is 56.6 cm³/mol. The lowest BCUT2D eigenvalue weighted by Gasteiger charge is -2.22. The Morgan fingerprint density at radius 2 is 2.13 bits per heavy atom. The zero-order valence-electron chi connectivity index (χ0n) is 9.73. The van der Waals surface area contributed by atoms with E-state index in [2.05, 4.69) is 0 Å². The quantitative estimate of drug-likeness (QED) is 0.577. The molecule has 0 saturated carbocycles. The van der Waals surface area contributed by atoms with Crippen LogP contribution in [0.5, 0.6) is 0 Å². The summed E-state index contributed by atoms with van der Waals surface area (Å²) in [5.74, 6) is -0.260. The second-order valence-electron chi connectivity index (χ2n) is 3.24. The van der Waals surface area contributed by atoms with Gasteiger partial charge < -0.3 is 14.6 Å². The molecule has 15 heavy (non-hydrogen) atoms. The van der Waals surface area contributed by atoms with Crippen molar-refractivity contribution in [2.75, 3.05) is 40.0 Å². The number of likely N-dealkylation sites (N-methyl/N-ethyl adjacent to an activating group) is 1. The van der Waals surface area contributed by atoms with Gasteiger partial charge in [-0.05, 0) is 13.5 Å². The number of carbonyl (C=O) groups is 1. The van der Waals surface area contributed by atoms with Crippen molar-refractivity contribution in [3.8, 4) is 0 Å². The van der Waals surface area contributed by atoms with Crippen LogP contribution < -0.4 is 0 Å². The van der Waals surface area contributed by atoms with Crippen LogP contribution in [0.1, 0.15) is 13.8 Å². The van der Waals surface area contributed by atoms with E-state index in [4.69, 9.17) is 9.47 Å². The second-order valence-corrected chi connectivity index (χ2v) is 3.24. The highest BCUT2D eigenvalue weighted by molar-refractivity contribution is 5.71. The maximum Gasteiger partial charge on any atom is 0.320 e. The highest BCUT2D eigenvalue weighted by atomic mass is 16.5. The van der Waals surface area contributed by atoms with E-state index in [1.54, 1.807) is 6.92 Å². The molecule has 1 N–H and O–H groups in total. The molecule has 0 aliphatic heterocycles. The topological polar surface area (TPSA) is 59.0 Å². The van der Waals surface area contributed by atoms with Crippen LogP contribution in [0.3, 0.4) is 0 Å². The van der Waals surface area contributed by atoms with Gasteiger partial charge in [-0.2, -0.15) is 0 Å². The third-order valence-electron chi connectivity index (χ3n) is 1.93. The summed E-state index contributed by atoms with van der Waals surface area (Å²) >= 11 is 0. The predicted octanol–water partition coefficient (Wildman–Crippen LogP) is -0.121. The average molecular weight is 219 g/mol. The second kappa shape index (κ2) is 8.64. The van der Waals surface area contributed by atoms with E-state index in [9.17, 15) is 9.90 Å². The van der Waals surface area contributed by atoms with Crippen LogP contribution in [0.2, 0.25) is 0 Å². The molecule has 0 saturated heterocycles. The summed E-state index contributed by atoms with van der Waals surface area (Å²) in [7, 11) is 1.53. The van der Waals surface area contributed by atoms with Crippen LogP contribution in [0, 0.1) is 0 Å². The third-order valence-corrected chi connectivity index (χ3v) is 1.93. The lowest BCUT2D eigenvalue weighted by Crippen LogP contribution is -2.38. The highest BCUT2D eigenvalue weighted by Gasteiger charge is 2.13. The number of esters is 1. The number of aliphatic hydroxyl groups is 1. The Hall–Kier alpha value is -0.650. The molecule has 1 unspecified atom stereocenters. The number of rotatable bonds is 8. The maximum absolute atomic E-state index is 11.2. The van der Waals surface area contributed by atoms with Gasteiger partial charge in [-0.3, -0.25) is 9.69 Å². The summed E-state index contributed by atoms with van der Waals surface area (Å²) in [5.41, 5.74) is 0. The van der Waals surface area contributed by atoms with Crippen LogP contribution in [0.4, 0.5) is 0 Å². The van der Waals surface area contributed by atoms with Gasteiger partial charge in [0.15, 0.2) is 0 Å². The van der Waals surface area contributed by atoms with E-state index in [0.29, 0.717) is 19.7 Å². The van der Waals surface area contributed by atoms with Crippen molar-refractivity contribution in [3.05, 3.63) is 0 Å². The number of carbonyl (C=O) groups excluding carboxylic acids is 1. The Bertz CT molecular complexity index is 175. The molecule has 0 radical (unpaired) electrons. The average Bonchev–Trinajstić information content (AvgIpc) is 2.17. The number of aliphatic hydroxyl groups excluding tert-OH is 1. The van der Waals surface area contributed by atoms with Gasteiger partial charge in [0, 0.05) is 13.7 Å². The number of hydrogen-bond donors (Lipinski definition) is 1. The van der Waals surface area contributed by atoms with E-state index in [-0.39, 0.29) is 19.1 Å². The van der Waals surface area contributed by atoms with Gasteiger partial charge in [0.25, 0.3) is 0 Å². The van der Waals surface area contributed by atoms with Crippen LogP contribution in [0.15, 0.2) is 0 Å². The molecule has 0 bridgehead atoms. The van der Waals surface area contributed by atoms with Crippen LogP contribution in [0.25, 0.3) is 0 Å². The van der Waals surface area contributed by atoms with Crippen molar-refractivity contribution >= 4 is 5.97 Å². The third kappa shape index (κ3) is 7.30. The molecule has 0 aliphatic carbocycles. The van der Waals surface area contributed by atoms with Crippen molar-refractivity contribution in [2.45, 2.75) is 20.0 Å². The Balaban J connectivity index is 3.86. The van der Waals surface area contributed by atoms with Gasteiger partial charge in [0.05, 0.1) is 25.9 Å². The Morgan fingerprint density at radius 3 is 2.60 bits per heavy atom. The first-order valence-corrected chi connectivity index (χ1v) is 5.18. The van der Waals surface area contributed by atoms with Gasteiger partial charge in [-0.25, -0.2) is 0 Å².